The average molecular weight is 220 g/mol. The topological polar surface area (TPSA) is 35.5 Å². The minimum atomic E-state index is -0.103. The third-order valence-electron chi connectivity index (χ3n) is 3.18. The highest BCUT2D eigenvalue weighted by Gasteiger charge is 2.25. The Morgan fingerprint density at radius 2 is 2.12 bits per heavy atom. The predicted octanol–water partition coefficient (Wildman–Crippen LogP) is 1.97. The molecular formula is C13H16O3. The van der Waals surface area contributed by atoms with Crippen LogP contribution in [0.4, 0.5) is 0 Å². The molecule has 0 fully saturated rings. The van der Waals surface area contributed by atoms with E-state index in [4.69, 9.17) is 9.47 Å². The third-order valence-corrected chi connectivity index (χ3v) is 3.18. The van der Waals surface area contributed by atoms with Crippen molar-refractivity contribution in [2.45, 2.75) is 19.3 Å². The van der Waals surface area contributed by atoms with Crippen molar-refractivity contribution in [2.75, 3.05) is 14.2 Å². The lowest BCUT2D eigenvalue weighted by molar-refractivity contribution is -0.145. The molecule has 3 heteroatoms. The molecule has 0 heterocycles. The fourth-order valence-electron chi connectivity index (χ4n) is 2.23. The van der Waals surface area contributed by atoms with Crippen molar-refractivity contribution in [3.05, 3.63) is 29.3 Å². The lowest BCUT2D eigenvalue weighted by atomic mass is 9.84. The van der Waals surface area contributed by atoms with Crippen molar-refractivity contribution in [1.29, 1.82) is 0 Å². The van der Waals surface area contributed by atoms with Gasteiger partial charge in [0.25, 0.3) is 0 Å². The summed E-state index contributed by atoms with van der Waals surface area (Å²) in [5.41, 5.74) is 2.53. The van der Waals surface area contributed by atoms with Gasteiger partial charge in [0.05, 0.1) is 20.1 Å². The minimum Gasteiger partial charge on any atom is -0.497 e. The third kappa shape index (κ3) is 2.03. The van der Waals surface area contributed by atoms with Crippen molar-refractivity contribution < 1.29 is 14.3 Å². The molecule has 0 amide bonds. The van der Waals surface area contributed by atoms with Gasteiger partial charge >= 0.3 is 5.97 Å². The predicted molar refractivity (Wildman–Crippen MR) is 60.5 cm³/mol. The summed E-state index contributed by atoms with van der Waals surface area (Å²) in [6.45, 7) is 0. The molecule has 0 unspecified atom stereocenters. The van der Waals surface area contributed by atoms with E-state index in [0.717, 1.165) is 25.0 Å². The Kier molecular flexibility index (Phi) is 3.13. The van der Waals surface area contributed by atoms with Gasteiger partial charge in [0.1, 0.15) is 5.75 Å². The quantitative estimate of drug-likeness (QED) is 0.715. The number of methoxy groups -OCH3 is 2. The fourth-order valence-corrected chi connectivity index (χ4v) is 2.23. The largest absolute Gasteiger partial charge is 0.497 e. The number of carbonyl (C=O) groups excluding carboxylic acids is 1. The monoisotopic (exact) mass is 220 g/mol. The van der Waals surface area contributed by atoms with Crippen LogP contribution in [0.3, 0.4) is 0 Å². The highest BCUT2D eigenvalue weighted by Crippen LogP contribution is 2.29. The zero-order chi connectivity index (χ0) is 11.5. The lowest BCUT2D eigenvalue weighted by Gasteiger charge is -2.23. The molecule has 1 aliphatic carbocycles. The smallest absolute Gasteiger partial charge is 0.309 e. The zero-order valence-corrected chi connectivity index (χ0v) is 9.66. The molecule has 0 aliphatic heterocycles. The molecule has 1 atom stereocenters. The number of hydrogen-bond donors (Lipinski definition) is 0. The standard InChI is InChI=1S/C13H16O3/c1-15-12-6-5-9-3-4-10(13(14)16-2)7-11(9)8-12/h5-6,8,10H,3-4,7H2,1-2H3/t10-/m0/s1. The maximum absolute atomic E-state index is 11.5. The van der Waals surface area contributed by atoms with E-state index in [1.807, 2.05) is 12.1 Å². The first kappa shape index (κ1) is 11.0. The number of ether oxygens (including phenoxy) is 2. The van der Waals surface area contributed by atoms with Gasteiger partial charge in [-0.15, -0.1) is 0 Å². The highest BCUT2D eigenvalue weighted by atomic mass is 16.5. The first-order chi connectivity index (χ1) is 7.74. The van der Waals surface area contributed by atoms with Crippen LogP contribution < -0.4 is 4.74 Å². The molecule has 3 nitrogen and oxygen atoms in total. The van der Waals surface area contributed by atoms with Gasteiger partial charge in [0, 0.05) is 0 Å². The van der Waals surface area contributed by atoms with Crippen molar-refractivity contribution in [3.63, 3.8) is 0 Å². The van der Waals surface area contributed by atoms with Crippen molar-refractivity contribution in [3.8, 4) is 5.75 Å². The molecule has 1 aromatic carbocycles. The molecule has 1 aromatic rings. The normalized spacial score (nSPS) is 18.8. The van der Waals surface area contributed by atoms with E-state index in [-0.39, 0.29) is 11.9 Å². The Labute approximate surface area is 95.4 Å². The van der Waals surface area contributed by atoms with Gasteiger partial charge in [-0.3, -0.25) is 4.79 Å². The number of benzene rings is 1. The summed E-state index contributed by atoms with van der Waals surface area (Å²) in [5, 5.41) is 0. The fraction of sp³-hybridized carbons (Fsp3) is 0.462. The van der Waals surface area contributed by atoms with Crippen LogP contribution in [0.15, 0.2) is 18.2 Å². The molecule has 0 N–H and O–H groups in total. The van der Waals surface area contributed by atoms with Gasteiger partial charge in [-0.25, -0.2) is 0 Å². The molecule has 0 bridgehead atoms. The van der Waals surface area contributed by atoms with Crippen LogP contribution >= 0.6 is 0 Å². The Hall–Kier alpha value is -1.51. The van der Waals surface area contributed by atoms with Crippen LogP contribution in [0.1, 0.15) is 17.5 Å². The highest BCUT2D eigenvalue weighted by molar-refractivity contribution is 5.73. The number of fused-ring (bicyclic) bond motifs is 1. The Bertz CT molecular complexity index is 398. The summed E-state index contributed by atoms with van der Waals surface area (Å²) in [6.07, 6.45) is 2.59. The first-order valence-electron chi connectivity index (χ1n) is 5.48. The summed E-state index contributed by atoms with van der Waals surface area (Å²) in [4.78, 5) is 11.5. The van der Waals surface area contributed by atoms with Gasteiger partial charge in [0.15, 0.2) is 0 Å². The van der Waals surface area contributed by atoms with Crippen molar-refractivity contribution >= 4 is 5.97 Å². The van der Waals surface area contributed by atoms with E-state index >= 15 is 0 Å². The van der Waals surface area contributed by atoms with Gasteiger partial charge in [-0.1, -0.05) is 6.07 Å². The summed E-state index contributed by atoms with van der Waals surface area (Å²) in [7, 11) is 3.10. The molecule has 86 valence electrons. The second-order valence-electron chi connectivity index (χ2n) is 4.10. The van der Waals surface area contributed by atoms with E-state index in [1.54, 1.807) is 7.11 Å². The zero-order valence-electron chi connectivity index (χ0n) is 9.66. The van der Waals surface area contributed by atoms with Crippen LogP contribution in [0.5, 0.6) is 5.75 Å². The maximum atomic E-state index is 11.5. The average Bonchev–Trinajstić information content (AvgIpc) is 2.36. The van der Waals surface area contributed by atoms with Gasteiger partial charge in [-0.2, -0.15) is 0 Å². The molecule has 0 saturated carbocycles. The second kappa shape index (κ2) is 4.56. The summed E-state index contributed by atoms with van der Waals surface area (Å²) in [6, 6.07) is 6.07. The molecule has 2 rings (SSSR count). The molecule has 16 heavy (non-hydrogen) atoms. The Morgan fingerprint density at radius 3 is 2.81 bits per heavy atom. The van der Waals surface area contributed by atoms with Crippen molar-refractivity contribution in [1.82, 2.24) is 0 Å². The van der Waals surface area contributed by atoms with Crippen LogP contribution in [0, 0.1) is 5.92 Å². The molecule has 0 aromatic heterocycles. The minimum absolute atomic E-state index is 0.00426. The molecular weight excluding hydrogens is 204 g/mol. The van der Waals surface area contributed by atoms with E-state index in [0.29, 0.717) is 0 Å². The van der Waals surface area contributed by atoms with Gasteiger partial charge < -0.3 is 9.47 Å². The number of hydrogen-bond acceptors (Lipinski definition) is 3. The Morgan fingerprint density at radius 1 is 1.31 bits per heavy atom. The van der Waals surface area contributed by atoms with Crippen LogP contribution in [-0.2, 0) is 22.4 Å². The summed E-state index contributed by atoms with van der Waals surface area (Å²) in [5.74, 6) is 0.752. The Balaban J connectivity index is 2.21. The van der Waals surface area contributed by atoms with Gasteiger partial charge in [0.2, 0.25) is 0 Å². The molecule has 1 aliphatic rings. The number of carbonyl (C=O) groups is 1. The SMILES string of the molecule is COC(=O)[C@H]1CCc2ccc(OC)cc2C1. The van der Waals surface area contributed by atoms with Crippen LogP contribution in [0.25, 0.3) is 0 Å². The molecule has 0 radical (unpaired) electrons. The van der Waals surface area contributed by atoms with Crippen LogP contribution in [0.2, 0.25) is 0 Å². The van der Waals surface area contributed by atoms with Crippen LogP contribution in [-0.4, -0.2) is 20.2 Å². The van der Waals surface area contributed by atoms with E-state index in [2.05, 4.69) is 6.07 Å². The van der Waals surface area contributed by atoms with E-state index < -0.39 is 0 Å². The van der Waals surface area contributed by atoms with Gasteiger partial charge in [-0.05, 0) is 42.5 Å². The first-order valence-corrected chi connectivity index (χ1v) is 5.48. The molecule has 0 spiro atoms. The number of rotatable bonds is 2. The summed E-state index contributed by atoms with van der Waals surface area (Å²) >= 11 is 0. The second-order valence-corrected chi connectivity index (χ2v) is 4.10. The lowest BCUT2D eigenvalue weighted by Crippen LogP contribution is -2.23. The number of aryl methyl sites for hydroxylation is 1. The van der Waals surface area contributed by atoms with E-state index in [1.165, 1.54) is 18.2 Å². The summed E-state index contributed by atoms with van der Waals surface area (Å²) < 4.78 is 9.98. The maximum Gasteiger partial charge on any atom is 0.309 e. The van der Waals surface area contributed by atoms with Crippen molar-refractivity contribution in [2.24, 2.45) is 5.92 Å². The molecule has 0 saturated heterocycles. The number of esters is 1. The van der Waals surface area contributed by atoms with E-state index in [9.17, 15) is 4.79 Å².